The molecule has 0 radical (unpaired) electrons. The summed E-state index contributed by atoms with van der Waals surface area (Å²) in [4.78, 5) is 16.2. The number of nitrogens with one attached hydrogen (secondary N) is 1. The third-order valence-electron chi connectivity index (χ3n) is 3.96. The Labute approximate surface area is 158 Å². The van der Waals surface area contributed by atoms with E-state index in [1.807, 2.05) is 11.6 Å². The number of thioether (sulfide) groups is 1. The molecule has 7 heteroatoms. The Morgan fingerprint density at radius 3 is 2.56 bits per heavy atom. The molecule has 130 valence electrons. The van der Waals surface area contributed by atoms with E-state index in [-0.39, 0.29) is 0 Å². The summed E-state index contributed by atoms with van der Waals surface area (Å²) in [5.41, 5.74) is 6.42. The van der Waals surface area contributed by atoms with E-state index in [0.29, 0.717) is 4.88 Å². The minimum absolute atomic E-state index is 0.340. The second-order valence-corrected chi connectivity index (χ2v) is 8.72. The monoisotopic (exact) mass is 390 g/mol. The van der Waals surface area contributed by atoms with Crippen molar-refractivity contribution in [2.75, 3.05) is 11.6 Å². The van der Waals surface area contributed by atoms with Crippen LogP contribution in [-0.2, 0) is 0 Å². The number of nitrogens with zero attached hydrogens (tertiary/aromatic N) is 1. The van der Waals surface area contributed by atoms with Gasteiger partial charge in [0, 0.05) is 16.6 Å². The number of aryl methyl sites for hydroxylation is 3. The number of anilines is 2. The molecule has 0 amide bonds. The van der Waals surface area contributed by atoms with Crippen molar-refractivity contribution < 1.29 is 9.90 Å². The molecular formula is C18H18N2O2S3. The lowest BCUT2D eigenvalue weighted by Crippen LogP contribution is -1.95. The van der Waals surface area contributed by atoms with Crippen molar-refractivity contribution >= 4 is 51.2 Å². The third-order valence-corrected chi connectivity index (χ3v) is 6.97. The highest BCUT2D eigenvalue weighted by molar-refractivity contribution is 8.00. The molecule has 0 saturated heterocycles. The average Bonchev–Trinajstić information content (AvgIpc) is 3.18. The van der Waals surface area contributed by atoms with Gasteiger partial charge in [0.25, 0.3) is 0 Å². The van der Waals surface area contributed by atoms with Crippen molar-refractivity contribution in [2.45, 2.75) is 25.0 Å². The van der Waals surface area contributed by atoms with E-state index in [4.69, 9.17) is 0 Å². The van der Waals surface area contributed by atoms with Crippen LogP contribution in [0.25, 0.3) is 11.3 Å². The lowest BCUT2D eigenvalue weighted by Gasteiger charge is -2.10. The van der Waals surface area contributed by atoms with Gasteiger partial charge in [-0.3, -0.25) is 0 Å². The Bertz CT molecular complexity index is 944. The van der Waals surface area contributed by atoms with Gasteiger partial charge in [0.1, 0.15) is 4.88 Å². The molecule has 2 heterocycles. The van der Waals surface area contributed by atoms with Crippen molar-refractivity contribution in [3.8, 4) is 11.3 Å². The Balaban J connectivity index is 1.91. The van der Waals surface area contributed by atoms with E-state index in [0.717, 1.165) is 26.3 Å². The van der Waals surface area contributed by atoms with Crippen LogP contribution in [0, 0.1) is 20.8 Å². The van der Waals surface area contributed by atoms with Gasteiger partial charge in [-0.05, 0) is 55.9 Å². The summed E-state index contributed by atoms with van der Waals surface area (Å²) in [7, 11) is 0. The van der Waals surface area contributed by atoms with Gasteiger partial charge >= 0.3 is 5.97 Å². The van der Waals surface area contributed by atoms with Crippen molar-refractivity contribution in [1.29, 1.82) is 0 Å². The molecule has 2 aromatic heterocycles. The molecular weight excluding hydrogens is 372 g/mol. The van der Waals surface area contributed by atoms with E-state index in [2.05, 4.69) is 43.2 Å². The molecule has 4 nitrogen and oxygen atoms in total. The highest BCUT2D eigenvalue weighted by Gasteiger charge is 2.17. The Morgan fingerprint density at radius 2 is 1.88 bits per heavy atom. The number of benzene rings is 1. The number of rotatable bonds is 5. The largest absolute Gasteiger partial charge is 0.477 e. The average molecular weight is 391 g/mol. The van der Waals surface area contributed by atoms with Crippen LogP contribution >= 0.6 is 34.4 Å². The standard InChI is InChI=1S/C18H18N2O2S3/c1-9-5-11(3)13(6-10(9)2)19-18-20-14(8-24-18)12-7-15(16(21)22)25-17(12)23-4/h5-8H,1-4H3,(H,19,20)(H,21,22). The number of hydrogen-bond donors (Lipinski definition) is 2. The predicted molar refractivity (Wildman–Crippen MR) is 108 cm³/mol. The minimum Gasteiger partial charge on any atom is -0.477 e. The van der Waals surface area contributed by atoms with Crippen LogP contribution in [0.5, 0.6) is 0 Å². The van der Waals surface area contributed by atoms with E-state index in [9.17, 15) is 9.90 Å². The lowest BCUT2D eigenvalue weighted by atomic mass is 10.1. The second kappa shape index (κ2) is 7.19. The van der Waals surface area contributed by atoms with E-state index in [1.54, 1.807) is 17.8 Å². The fourth-order valence-electron chi connectivity index (χ4n) is 2.48. The number of carboxylic acid groups (broad SMARTS) is 1. The summed E-state index contributed by atoms with van der Waals surface area (Å²) < 4.78 is 0.969. The Kier molecular flexibility index (Phi) is 5.17. The molecule has 1 aromatic carbocycles. The van der Waals surface area contributed by atoms with E-state index in [1.165, 1.54) is 39.4 Å². The zero-order chi connectivity index (χ0) is 18.1. The Hall–Kier alpha value is -1.83. The number of hydrogen-bond acceptors (Lipinski definition) is 6. The third kappa shape index (κ3) is 3.73. The molecule has 0 bridgehead atoms. The van der Waals surface area contributed by atoms with Gasteiger partial charge in [0.2, 0.25) is 0 Å². The minimum atomic E-state index is -0.897. The van der Waals surface area contributed by atoms with Crippen molar-refractivity contribution in [2.24, 2.45) is 0 Å². The van der Waals surface area contributed by atoms with E-state index < -0.39 is 5.97 Å². The van der Waals surface area contributed by atoms with Crippen molar-refractivity contribution in [3.63, 3.8) is 0 Å². The molecule has 2 N–H and O–H groups in total. The van der Waals surface area contributed by atoms with Crippen molar-refractivity contribution in [3.05, 3.63) is 45.1 Å². The maximum Gasteiger partial charge on any atom is 0.345 e. The van der Waals surface area contributed by atoms with Gasteiger partial charge in [-0.15, -0.1) is 34.4 Å². The van der Waals surface area contributed by atoms with Gasteiger partial charge in [-0.2, -0.15) is 0 Å². The van der Waals surface area contributed by atoms with Gasteiger partial charge in [0.05, 0.1) is 9.90 Å². The molecule has 25 heavy (non-hydrogen) atoms. The van der Waals surface area contributed by atoms with Crippen LogP contribution in [0.3, 0.4) is 0 Å². The topological polar surface area (TPSA) is 62.2 Å². The molecule has 0 aliphatic heterocycles. The Morgan fingerprint density at radius 1 is 1.16 bits per heavy atom. The normalized spacial score (nSPS) is 10.9. The molecule has 0 aliphatic carbocycles. The number of carbonyl (C=O) groups is 1. The van der Waals surface area contributed by atoms with E-state index >= 15 is 0 Å². The summed E-state index contributed by atoms with van der Waals surface area (Å²) >= 11 is 4.36. The molecule has 0 fully saturated rings. The smallest absolute Gasteiger partial charge is 0.345 e. The van der Waals surface area contributed by atoms with Crippen LogP contribution in [0.15, 0.2) is 27.8 Å². The maximum absolute atomic E-state index is 11.2. The summed E-state index contributed by atoms with van der Waals surface area (Å²) in [5.74, 6) is -0.897. The van der Waals surface area contributed by atoms with Crippen LogP contribution in [0.1, 0.15) is 26.4 Å². The first kappa shape index (κ1) is 18.0. The SMILES string of the molecule is CSc1sc(C(=O)O)cc1-c1csc(Nc2cc(C)c(C)cc2C)n1. The molecule has 3 aromatic rings. The fraction of sp³-hybridized carbons (Fsp3) is 0.222. The second-order valence-electron chi connectivity index (χ2n) is 5.74. The van der Waals surface area contributed by atoms with Gasteiger partial charge in [0.15, 0.2) is 5.13 Å². The van der Waals surface area contributed by atoms with Crippen LogP contribution in [0.2, 0.25) is 0 Å². The molecule has 0 saturated carbocycles. The lowest BCUT2D eigenvalue weighted by molar-refractivity contribution is 0.0702. The number of thiazole rings is 1. The summed E-state index contributed by atoms with van der Waals surface area (Å²) in [6, 6.07) is 6.00. The zero-order valence-corrected chi connectivity index (χ0v) is 16.8. The first-order valence-corrected chi connectivity index (χ1v) is 10.5. The fourth-order valence-corrected chi connectivity index (χ4v) is 4.92. The predicted octanol–water partition coefficient (Wildman–Crippen LogP) is 5.96. The number of carboxylic acids is 1. The molecule has 3 rings (SSSR count). The van der Waals surface area contributed by atoms with Crippen LogP contribution in [0.4, 0.5) is 10.8 Å². The first-order chi connectivity index (χ1) is 11.9. The van der Waals surface area contributed by atoms with Gasteiger partial charge in [-0.25, -0.2) is 9.78 Å². The summed E-state index contributed by atoms with van der Waals surface area (Å²) in [5, 5.41) is 15.4. The molecule has 0 spiro atoms. The maximum atomic E-state index is 11.2. The number of aromatic carboxylic acids is 1. The first-order valence-electron chi connectivity index (χ1n) is 7.61. The van der Waals surface area contributed by atoms with Crippen molar-refractivity contribution in [1.82, 2.24) is 4.98 Å². The molecule has 0 unspecified atom stereocenters. The van der Waals surface area contributed by atoms with Crippen LogP contribution in [-0.4, -0.2) is 22.3 Å². The van der Waals surface area contributed by atoms with Gasteiger partial charge < -0.3 is 10.4 Å². The zero-order valence-electron chi connectivity index (χ0n) is 14.3. The highest BCUT2D eigenvalue weighted by atomic mass is 32.2. The molecule has 0 atom stereocenters. The number of thiophene rings is 1. The van der Waals surface area contributed by atoms with Gasteiger partial charge in [-0.1, -0.05) is 6.07 Å². The molecule has 0 aliphatic rings. The quantitative estimate of drug-likeness (QED) is 0.526. The number of aromatic nitrogens is 1. The summed E-state index contributed by atoms with van der Waals surface area (Å²) in [6.07, 6.45) is 1.95. The highest BCUT2D eigenvalue weighted by Crippen LogP contribution is 2.39. The summed E-state index contributed by atoms with van der Waals surface area (Å²) in [6.45, 7) is 6.28. The van der Waals surface area contributed by atoms with Crippen LogP contribution < -0.4 is 5.32 Å².